The van der Waals surface area contributed by atoms with Crippen molar-refractivity contribution in [2.24, 2.45) is 0 Å². The molecule has 2 rings (SSSR count). The summed E-state index contributed by atoms with van der Waals surface area (Å²) in [6, 6.07) is 14.6. The van der Waals surface area contributed by atoms with E-state index >= 15 is 0 Å². The van der Waals surface area contributed by atoms with Crippen molar-refractivity contribution in [3.63, 3.8) is 0 Å². The van der Waals surface area contributed by atoms with Gasteiger partial charge < -0.3 is 15.4 Å². The van der Waals surface area contributed by atoms with Gasteiger partial charge in [0.25, 0.3) is 5.91 Å². The third-order valence-electron chi connectivity index (χ3n) is 3.28. The van der Waals surface area contributed by atoms with Crippen molar-refractivity contribution in [3.8, 4) is 5.75 Å². The topological polar surface area (TPSA) is 67.4 Å². The lowest BCUT2D eigenvalue weighted by Gasteiger charge is -2.08. The number of nitrogens with one attached hydrogen (secondary N) is 2. The van der Waals surface area contributed by atoms with Crippen molar-refractivity contribution in [2.45, 2.75) is 13.3 Å². The van der Waals surface area contributed by atoms with Crippen molar-refractivity contribution in [2.75, 3.05) is 19.0 Å². The van der Waals surface area contributed by atoms with Gasteiger partial charge in [0.2, 0.25) is 5.91 Å². The lowest BCUT2D eigenvalue weighted by Crippen LogP contribution is -2.25. The van der Waals surface area contributed by atoms with Crippen LogP contribution < -0.4 is 15.4 Å². The van der Waals surface area contributed by atoms with Gasteiger partial charge in [-0.1, -0.05) is 18.2 Å². The molecule has 0 spiro atoms. The molecule has 2 amide bonds. The minimum atomic E-state index is -0.167. The maximum absolute atomic E-state index is 12.1. The highest BCUT2D eigenvalue weighted by molar-refractivity contribution is 5.96. The van der Waals surface area contributed by atoms with E-state index in [1.54, 1.807) is 31.4 Å². The summed E-state index contributed by atoms with van der Waals surface area (Å²) in [4.78, 5) is 23.2. The zero-order valence-corrected chi connectivity index (χ0v) is 13.3. The molecule has 0 aromatic heterocycles. The molecule has 0 saturated heterocycles. The van der Waals surface area contributed by atoms with Crippen molar-refractivity contribution < 1.29 is 14.3 Å². The van der Waals surface area contributed by atoms with E-state index in [9.17, 15) is 9.59 Å². The van der Waals surface area contributed by atoms with E-state index in [4.69, 9.17) is 4.74 Å². The number of carbonyl (C=O) groups excluding carboxylic acids is 2. The van der Waals surface area contributed by atoms with E-state index < -0.39 is 0 Å². The number of ether oxygens (including phenoxy) is 1. The zero-order valence-electron chi connectivity index (χ0n) is 13.3. The molecule has 2 N–H and O–H groups in total. The Hall–Kier alpha value is -2.82. The first kappa shape index (κ1) is 16.5. The summed E-state index contributed by atoms with van der Waals surface area (Å²) in [5.41, 5.74) is 2.22. The molecule has 23 heavy (non-hydrogen) atoms. The number of hydrogen-bond acceptors (Lipinski definition) is 3. The lowest BCUT2D eigenvalue weighted by atomic mass is 10.1. The van der Waals surface area contributed by atoms with Crippen LogP contribution in [-0.2, 0) is 11.2 Å². The molecular formula is C18H20N2O3. The van der Waals surface area contributed by atoms with Crippen LogP contribution in [0, 0.1) is 0 Å². The molecule has 0 saturated carbocycles. The normalized spacial score (nSPS) is 10.0. The second-order valence-corrected chi connectivity index (χ2v) is 5.12. The molecule has 120 valence electrons. The lowest BCUT2D eigenvalue weighted by molar-refractivity contribution is -0.114. The van der Waals surface area contributed by atoms with Crippen molar-refractivity contribution in [3.05, 3.63) is 59.7 Å². The SMILES string of the molecule is COc1cccc(CCNC(=O)c2cccc(NC(C)=O)c2)c1. The molecule has 2 aromatic carbocycles. The van der Waals surface area contributed by atoms with Crippen LogP contribution in [0.25, 0.3) is 0 Å². The average molecular weight is 312 g/mol. The standard InChI is InChI=1S/C18H20N2O3/c1-13(21)20-16-7-4-6-15(12-16)18(22)19-10-9-14-5-3-8-17(11-14)23-2/h3-8,11-12H,9-10H2,1-2H3,(H,19,22)(H,20,21). The van der Waals surface area contributed by atoms with Crippen LogP contribution in [0.15, 0.2) is 48.5 Å². The van der Waals surface area contributed by atoms with Gasteiger partial charge in [0, 0.05) is 24.7 Å². The van der Waals surface area contributed by atoms with Gasteiger partial charge >= 0.3 is 0 Å². The van der Waals surface area contributed by atoms with Crippen molar-refractivity contribution >= 4 is 17.5 Å². The molecule has 5 heteroatoms. The fourth-order valence-corrected chi connectivity index (χ4v) is 2.19. The van der Waals surface area contributed by atoms with Crippen LogP contribution in [-0.4, -0.2) is 25.5 Å². The highest BCUT2D eigenvalue weighted by atomic mass is 16.5. The molecule has 0 aliphatic carbocycles. The van der Waals surface area contributed by atoms with Crippen LogP contribution >= 0.6 is 0 Å². The number of methoxy groups -OCH3 is 1. The number of hydrogen-bond donors (Lipinski definition) is 2. The second kappa shape index (κ2) is 7.98. The Morgan fingerprint density at radius 3 is 2.61 bits per heavy atom. The predicted molar refractivity (Wildman–Crippen MR) is 89.8 cm³/mol. The van der Waals surface area contributed by atoms with E-state index in [-0.39, 0.29) is 11.8 Å². The van der Waals surface area contributed by atoms with E-state index in [0.29, 0.717) is 24.2 Å². The van der Waals surface area contributed by atoms with Crippen molar-refractivity contribution in [1.82, 2.24) is 5.32 Å². The molecular weight excluding hydrogens is 292 g/mol. The van der Waals surface area contributed by atoms with E-state index in [2.05, 4.69) is 10.6 Å². The monoisotopic (exact) mass is 312 g/mol. The molecule has 5 nitrogen and oxygen atoms in total. The third-order valence-corrected chi connectivity index (χ3v) is 3.28. The first-order valence-electron chi connectivity index (χ1n) is 7.37. The maximum Gasteiger partial charge on any atom is 0.251 e. The Bertz CT molecular complexity index is 698. The molecule has 0 heterocycles. The van der Waals surface area contributed by atoms with Gasteiger partial charge in [-0.05, 0) is 42.3 Å². The fourth-order valence-electron chi connectivity index (χ4n) is 2.19. The van der Waals surface area contributed by atoms with Crippen LogP contribution in [0.4, 0.5) is 5.69 Å². The van der Waals surface area contributed by atoms with Gasteiger partial charge in [-0.2, -0.15) is 0 Å². The number of carbonyl (C=O) groups is 2. The number of anilines is 1. The van der Waals surface area contributed by atoms with E-state index in [1.165, 1.54) is 6.92 Å². The molecule has 0 fully saturated rings. The predicted octanol–water partition coefficient (Wildman–Crippen LogP) is 2.63. The molecule has 0 radical (unpaired) electrons. The summed E-state index contributed by atoms with van der Waals surface area (Å²) in [7, 11) is 1.63. The Morgan fingerprint density at radius 2 is 1.87 bits per heavy atom. The Balaban J connectivity index is 1.90. The van der Waals surface area contributed by atoms with Gasteiger partial charge in [-0.25, -0.2) is 0 Å². The van der Waals surface area contributed by atoms with E-state index in [1.807, 2.05) is 24.3 Å². The summed E-state index contributed by atoms with van der Waals surface area (Å²) in [5, 5.41) is 5.53. The third kappa shape index (κ3) is 5.14. The smallest absolute Gasteiger partial charge is 0.251 e. The number of amides is 2. The zero-order chi connectivity index (χ0) is 16.7. The number of rotatable bonds is 6. The van der Waals surface area contributed by atoms with Crippen LogP contribution in [0.5, 0.6) is 5.75 Å². The minimum absolute atomic E-state index is 0.166. The van der Waals surface area contributed by atoms with Gasteiger partial charge in [0.1, 0.15) is 5.75 Å². The molecule has 0 aliphatic heterocycles. The quantitative estimate of drug-likeness (QED) is 0.861. The fraction of sp³-hybridized carbons (Fsp3) is 0.222. The summed E-state index contributed by atoms with van der Waals surface area (Å²) < 4.78 is 5.17. The first-order chi connectivity index (χ1) is 11.1. The second-order valence-electron chi connectivity index (χ2n) is 5.12. The minimum Gasteiger partial charge on any atom is -0.497 e. The highest BCUT2D eigenvalue weighted by Gasteiger charge is 2.06. The van der Waals surface area contributed by atoms with Gasteiger partial charge in [0.05, 0.1) is 7.11 Å². The molecule has 0 atom stereocenters. The highest BCUT2D eigenvalue weighted by Crippen LogP contribution is 2.13. The molecule has 2 aromatic rings. The maximum atomic E-state index is 12.1. The Labute approximate surface area is 135 Å². The summed E-state index contributed by atoms with van der Waals surface area (Å²) in [6.45, 7) is 1.96. The summed E-state index contributed by atoms with van der Waals surface area (Å²) in [5.74, 6) is 0.470. The average Bonchev–Trinajstić information content (AvgIpc) is 2.54. The van der Waals surface area contributed by atoms with E-state index in [0.717, 1.165) is 11.3 Å². The Kier molecular flexibility index (Phi) is 5.74. The molecule has 0 aliphatic rings. The van der Waals surface area contributed by atoms with Gasteiger partial charge in [-0.15, -0.1) is 0 Å². The first-order valence-corrected chi connectivity index (χ1v) is 7.37. The van der Waals surface area contributed by atoms with Crippen LogP contribution in [0.2, 0.25) is 0 Å². The van der Waals surface area contributed by atoms with Gasteiger partial charge in [-0.3, -0.25) is 9.59 Å². The summed E-state index contributed by atoms with van der Waals surface area (Å²) >= 11 is 0. The number of benzene rings is 2. The van der Waals surface area contributed by atoms with Gasteiger partial charge in [0.15, 0.2) is 0 Å². The largest absolute Gasteiger partial charge is 0.497 e. The molecule has 0 bridgehead atoms. The van der Waals surface area contributed by atoms with Crippen molar-refractivity contribution in [1.29, 1.82) is 0 Å². The Morgan fingerprint density at radius 1 is 1.09 bits per heavy atom. The summed E-state index contributed by atoms with van der Waals surface area (Å²) in [6.07, 6.45) is 0.717. The van der Waals surface area contributed by atoms with Crippen LogP contribution in [0.1, 0.15) is 22.8 Å². The van der Waals surface area contributed by atoms with Crippen LogP contribution in [0.3, 0.4) is 0 Å². The molecule has 0 unspecified atom stereocenters.